The zero-order valence-corrected chi connectivity index (χ0v) is 14.8. The second-order valence-electron chi connectivity index (χ2n) is 5.93. The first-order valence-corrected chi connectivity index (χ1v) is 8.18. The number of aromatic nitrogens is 2. The van der Waals surface area contributed by atoms with Gasteiger partial charge in [0.2, 0.25) is 5.76 Å². The van der Waals surface area contributed by atoms with Crippen molar-refractivity contribution in [1.29, 1.82) is 0 Å². The van der Waals surface area contributed by atoms with Gasteiger partial charge >= 0.3 is 6.09 Å². The normalized spacial score (nSPS) is 11.8. The van der Waals surface area contributed by atoms with Crippen LogP contribution in [-0.2, 0) is 4.74 Å². The van der Waals surface area contributed by atoms with Gasteiger partial charge in [0.25, 0.3) is 0 Å². The zero-order valence-electron chi connectivity index (χ0n) is 14.8. The predicted molar refractivity (Wildman–Crippen MR) is 98.6 cm³/mol. The molecule has 0 bridgehead atoms. The van der Waals surface area contributed by atoms with Gasteiger partial charge in [0, 0.05) is 0 Å². The number of carbonyl (C=O) groups is 1. The van der Waals surface area contributed by atoms with Gasteiger partial charge < -0.3 is 15.0 Å². The van der Waals surface area contributed by atoms with Gasteiger partial charge in [-0.2, -0.15) is 0 Å². The molecule has 26 heavy (non-hydrogen) atoms. The highest BCUT2D eigenvalue weighted by molar-refractivity contribution is 5.90. The Morgan fingerprint density at radius 3 is 2.58 bits per heavy atom. The molecule has 0 saturated carbocycles. The Bertz CT molecular complexity index is 922. The number of rotatable bonds is 4. The number of aryl methyl sites for hydroxylation is 2. The van der Waals surface area contributed by atoms with Crippen molar-refractivity contribution in [2.75, 3.05) is 11.1 Å². The number of ether oxygens (including phenoxy) is 1. The number of nitrogens with one attached hydrogen (secondary N) is 1. The van der Waals surface area contributed by atoms with Gasteiger partial charge in [-0.15, -0.1) is 0 Å². The lowest BCUT2D eigenvalue weighted by atomic mass is 10.1. The van der Waals surface area contributed by atoms with E-state index in [2.05, 4.69) is 15.5 Å². The molecule has 0 saturated heterocycles. The van der Waals surface area contributed by atoms with E-state index < -0.39 is 12.2 Å². The molecule has 0 radical (unpaired) electrons. The number of anilines is 2. The van der Waals surface area contributed by atoms with Crippen LogP contribution in [0.25, 0.3) is 11.5 Å². The average Bonchev–Trinajstić information content (AvgIpc) is 2.98. The minimum atomic E-state index is -0.596. The molecule has 0 aliphatic heterocycles. The Morgan fingerprint density at radius 2 is 1.88 bits per heavy atom. The summed E-state index contributed by atoms with van der Waals surface area (Å²) in [6, 6.07) is 12.9. The van der Waals surface area contributed by atoms with Crippen LogP contribution < -0.4 is 11.1 Å². The summed E-state index contributed by atoms with van der Waals surface area (Å²) in [5, 5.41) is 6.62. The highest BCUT2D eigenvalue weighted by atomic mass is 16.6. The Morgan fingerprint density at radius 1 is 1.15 bits per heavy atom. The van der Waals surface area contributed by atoms with Crippen LogP contribution in [0.15, 0.2) is 47.0 Å². The van der Waals surface area contributed by atoms with E-state index in [9.17, 15) is 4.79 Å². The van der Waals surface area contributed by atoms with E-state index in [1.807, 2.05) is 30.3 Å². The third-order valence-corrected chi connectivity index (χ3v) is 4.00. The van der Waals surface area contributed by atoms with Crippen molar-refractivity contribution in [2.45, 2.75) is 26.9 Å². The van der Waals surface area contributed by atoms with E-state index in [1.165, 1.54) is 0 Å². The second-order valence-corrected chi connectivity index (χ2v) is 5.93. The summed E-state index contributed by atoms with van der Waals surface area (Å²) in [6.07, 6.45) is -0.988. The maximum Gasteiger partial charge on any atom is 0.412 e. The number of hydrogen-bond donors (Lipinski definition) is 2. The summed E-state index contributed by atoms with van der Waals surface area (Å²) in [5.41, 5.74) is 9.44. The van der Waals surface area contributed by atoms with E-state index >= 15 is 0 Å². The molecule has 0 spiro atoms. The van der Waals surface area contributed by atoms with Crippen LogP contribution in [0.5, 0.6) is 0 Å². The molecule has 0 fully saturated rings. The van der Waals surface area contributed by atoms with Gasteiger partial charge in [-0.1, -0.05) is 35.5 Å². The van der Waals surface area contributed by atoms with Crippen molar-refractivity contribution < 1.29 is 14.1 Å². The van der Waals surface area contributed by atoms with Crippen molar-refractivity contribution in [3.05, 3.63) is 59.4 Å². The number of carbonyl (C=O) groups excluding carboxylic acids is 1. The lowest BCUT2D eigenvalue weighted by molar-refractivity contribution is 0.121. The number of hydrogen-bond acceptors (Lipinski definition) is 6. The molecule has 1 unspecified atom stereocenters. The molecule has 1 amide bonds. The molecule has 1 atom stereocenters. The van der Waals surface area contributed by atoms with Gasteiger partial charge in [-0.05, 0) is 38.5 Å². The summed E-state index contributed by atoms with van der Waals surface area (Å²) >= 11 is 0. The van der Waals surface area contributed by atoms with E-state index in [4.69, 9.17) is 15.0 Å². The summed E-state index contributed by atoms with van der Waals surface area (Å²) in [7, 11) is 0. The number of nitrogen functional groups attached to an aromatic ring is 1. The molecule has 2 heterocycles. The van der Waals surface area contributed by atoms with E-state index in [1.54, 1.807) is 32.9 Å². The molecule has 3 N–H and O–H groups in total. The van der Waals surface area contributed by atoms with Crippen LogP contribution in [0.3, 0.4) is 0 Å². The Balaban J connectivity index is 1.78. The molecular formula is C19H20N4O3. The Kier molecular flexibility index (Phi) is 4.88. The molecule has 1 aromatic carbocycles. The van der Waals surface area contributed by atoms with Crippen LogP contribution in [0.1, 0.15) is 30.0 Å². The molecule has 3 aromatic rings. The highest BCUT2D eigenvalue weighted by Gasteiger charge is 2.21. The summed E-state index contributed by atoms with van der Waals surface area (Å²) in [4.78, 5) is 16.7. The standard InChI is InChI=1S/C19H20N4O3/c1-11-15(20)9-10-16(21-11)18-17(12(2)23-26-18)22-19(24)25-13(3)14-7-5-4-6-8-14/h4-10,13H,20H2,1-3H3,(H,22,24). The molecule has 2 aromatic heterocycles. The maximum atomic E-state index is 12.3. The first-order valence-electron chi connectivity index (χ1n) is 8.18. The lowest BCUT2D eigenvalue weighted by Crippen LogP contribution is -2.16. The maximum absolute atomic E-state index is 12.3. The lowest BCUT2D eigenvalue weighted by Gasteiger charge is -2.14. The SMILES string of the molecule is Cc1nc(-c2onc(C)c2NC(=O)OC(C)c2ccccc2)ccc1N. The number of benzene rings is 1. The molecule has 0 aliphatic carbocycles. The average molecular weight is 352 g/mol. The fraction of sp³-hybridized carbons (Fsp3) is 0.211. The van der Waals surface area contributed by atoms with Crippen LogP contribution in [-0.4, -0.2) is 16.2 Å². The first-order chi connectivity index (χ1) is 12.5. The number of amides is 1. The highest BCUT2D eigenvalue weighted by Crippen LogP contribution is 2.31. The van der Waals surface area contributed by atoms with E-state index in [0.29, 0.717) is 34.2 Å². The van der Waals surface area contributed by atoms with Gasteiger partial charge in [-0.3, -0.25) is 5.32 Å². The largest absolute Gasteiger partial charge is 0.441 e. The number of nitrogens with two attached hydrogens (primary N) is 1. The van der Waals surface area contributed by atoms with Crippen molar-refractivity contribution >= 4 is 17.5 Å². The van der Waals surface area contributed by atoms with Gasteiger partial charge in [-0.25, -0.2) is 9.78 Å². The molecule has 134 valence electrons. The molecular weight excluding hydrogens is 332 g/mol. The predicted octanol–water partition coefficient (Wildman–Crippen LogP) is 4.25. The second kappa shape index (κ2) is 7.26. The smallest absolute Gasteiger partial charge is 0.412 e. The summed E-state index contributed by atoms with van der Waals surface area (Å²) in [6.45, 7) is 5.33. The zero-order chi connectivity index (χ0) is 18.7. The Hall–Kier alpha value is -3.35. The van der Waals surface area contributed by atoms with Gasteiger partial charge in [0.1, 0.15) is 23.2 Å². The fourth-order valence-corrected chi connectivity index (χ4v) is 2.47. The minimum absolute atomic E-state index is 0.356. The molecule has 3 rings (SSSR count). The third kappa shape index (κ3) is 3.66. The monoisotopic (exact) mass is 352 g/mol. The quantitative estimate of drug-likeness (QED) is 0.728. The van der Waals surface area contributed by atoms with Crippen LogP contribution >= 0.6 is 0 Å². The van der Waals surface area contributed by atoms with Crippen molar-refractivity contribution in [3.63, 3.8) is 0 Å². The fourth-order valence-electron chi connectivity index (χ4n) is 2.47. The number of pyridine rings is 1. The minimum Gasteiger partial charge on any atom is -0.441 e. The summed E-state index contributed by atoms with van der Waals surface area (Å²) < 4.78 is 10.8. The topological polar surface area (TPSA) is 103 Å². The number of nitrogens with zero attached hydrogens (tertiary/aromatic N) is 2. The van der Waals surface area contributed by atoms with Crippen LogP contribution in [0, 0.1) is 13.8 Å². The van der Waals surface area contributed by atoms with E-state index in [-0.39, 0.29) is 0 Å². The van der Waals surface area contributed by atoms with Gasteiger partial charge in [0.05, 0.1) is 11.4 Å². The first kappa shape index (κ1) is 17.5. The van der Waals surface area contributed by atoms with Crippen molar-refractivity contribution in [3.8, 4) is 11.5 Å². The van der Waals surface area contributed by atoms with Crippen LogP contribution in [0.2, 0.25) is 0 Å². The Labute approximate surface area is 151 Å². The summed E-state index contributed by atoms with van der Waals surface area (Å²) in [5.74, 6) is 0.356. The van der Waals surface area contributed by atoms with Crippen molar-refractivity contribution in [2.24, 2.45) is 0 Å². The molecule has 7 nitrogen and oxygen atoms in total. The van der Waals surface area contributed by atoms with Gasteiger partial charge in [0.15, 0.2) is 0 Å². The van der Waals surface area contributed by atoms with Crippen LogP contribution in [0.4, 0.5) is 16.2 Å². The molecule has 7 heteroatoms. The third-order valence-electron chi connectivity index (χ3n) is 4.00. The van der Waals surface area contributed by atoms with E-state index in [0.717, 1.165) is 5.56 Å². The molecule has 0 aliphatic rings. The van der Waals surface area contributed by atoms with Crippen molar-refractivity contribution in [1.82, 2.24) is 10.1 Å².